The van der Waals surface area contributed by atoms with Crippen LogP contribution in [0.1, 0.15) is 24.3 Å². The molecule has 3 rings (SSSR count). The first-order valence-corrected chi connectivity index (χ1v) is 7.79. The van der Waals surface area contributed by atoms with Gasteiger partial charge in [-0.3, -0.25) is 9.59 Å². The van der Waals surface area contributed by atoms with Crippen molar-refractivity contribution in [2.45, 2.75) is 32.2 Å². The maximum absolute atomic E-state index is 13.0. The van der Waals surface area contributed by atoms with Crippen molar-refractivity contribution < 1.29 is 18.4 Å². The minimum Gasteiger partial charge on any atom is -0.441 e. The van der Waals surface area contributed by atoms with Gasteiger partial charge in [-0.1, -0.05) is 0 Å². The third kappa shape index (κ3) is 4.18. The molecule has 1 saturated carbocycles. The molecule has 0 unspecified atom stereocenters. The quantitative estimate of drug-likeness (QED) is 0.844. The molecule has 2 amide bonds. The van der Waals surface area contributed by atoms with Gasteiger partial charge in [-0.2, -0.15) is 0 Å². The van der Waals surface area contributed by atoms with E-state index in [9.17, 15) is 14.0 Å². The Balaban J connectivity index is 1.57. The molecule has 24 heavy (non-hydrogen) atoms. The molecule has 1 aliphatic rings. The largest absolute Gasteiger partial charge is 0.441 e. The van der Waals surface area contributed by atoms with Crippen LogP contribution in [-0.2, 0) is 16.0 Å². The zero-order chi connectivity index (χ0) is 17.1. The SMILES string of the molecule is Cc1oc(-c2ccc(F)cc2)nc1CC(=O)NCC(=O)NC1CC1. The summed E-state index contributed by atoms with van der Waals surface area (Å²) in [6.07, 6.45) is 2.03. The van der Waals surface area contributed by atoms with E-state index in [0.717, 1.165) is 12.8 Å². The summed E-state index contributed by atoms with van der Waals surface area (Å²) in [5.74, 6) is 0.0255. The number of amides is 2. The number of nitrogens with one attached hydrogen (secondary N) is 2. The number of carbonyl (C=O) groups is 2. The van der Waals surface area contributed by atoms with Crippen LogP contribution in [0.4, 0.5) is 4.39 Å². The smallest absolute Gasteiger partial charge is 0.239 e. The van der Waals surface area contributed by atoms with Crippen molar-refractivity contribution in [3.05, 3.63) is 41.5 Å². The van der Waals surface area contributed by atoms with E-state index in [1.165, 1.54) is 12.1 Å². The summed E-state index contributed by atoms with van der Waals surface area (Å²) in [4.78, 5) is 27.8. The van der Waals surface area contributed by atoms with Crippen LogP contribution in [0.3, 0.4) is 0 Å². The number of aromatic nitrogens is 1. The summed E-state index contributed by atoms with van der Waals surface area (Å²) in [5.41, 5.74) is 1.13. The second kappa shape index (κ2) is 6.82. The van der Waals surface area contributed by atoms with E-state index in [1.807, 2.05) is 0 Å². The second-order valence-corrected chi connectivity index (χ2v) is 5.82. The van der Waals surface area contributed by atoms with Crippen LogP contribution in [0.15, 0.2) is 28.7 Å². The molecule has 6 nitrogen and oxygen atoms in total. The van der Waals surface area contributed by atoms with Gasteiger partial charge >= 0.3 is 0 Å². The molecule has 126 valence electrons. The van der Waals surface area contributed by atoms with Gasteiger partial charge in [-0.15, -0.1) is 0 Å². The number of benzene rings is 1. The molecule has 1 heterocycles. The number of halogens is 1. The van der Waals surface area contributed by atoms with E-state index in [2.05, 4.69) is 15.6 Å². The molecule has 1 aromatic heterocycles. The van der Waals surface area contributed by atoms with Gasteiger partial charge in [0.05, 0.1) is 18.7 Å². The molecule has 1 fully saturated rings. The lowest BCUT2D eigenvalue weighted by Crippen LogP contribution is -2.38. The van der Waals surface area contributed by atoms with Crippen molar-refractivity contribution in [3.63, 3.8) is 0 Å². The second-order valence-electron chi connectivity index (χ2n) is 5.82. The van der Waals surface area contributed by atoms with Crippen LogP contribution in [0.25, 0.3) is 11.5 Å². The standard InChI is InChI=1S/C17H18FN3O3/c1-10-14(8-15(22)19-9-16(23)20-13-6-7-13)21-17(24-10)11-2-4-12(18)5-3-11/h2-5,13H,6-9H2,1H3,(H,19,22)(H,20,23). The van der Waals surface area contributed by atoms with Gasteiger partial charge in [0.15, 0.2) is 0 Å². The summed E-state index contributed by atoms with van der Waals surface area (Å²) in [6.45, 7) is 1.67. The third-order valence-electron chi connectivity index (χ3n) is 3.70. The fourth-order valence-electron chi connectivity index (χ4n) is 2.21. The molecule has 0 atom stereocenters. The lowest BCUT2D eigenvalue weighted by atomic mass is 10.2. The van der Waals surface area contributed by atoms with Crippen molar-refractivity contribution in [2.24, 2.45) is 0 Å². The molecule has 0 radical (unpaired) electrons. The van der Waals surface area contributed by atoms with E-state index in [0.29, 0.717) is 22.9 Å². The van der Waals surface area contributed by atoms with Crippen molar-refractivity contribution in [3.8, 4) is 11.5 Å². The van der Waals surface area contributed by atoms with Crippen molar-refractivity contribution >= 4 is 11.8 Å². The highest BCUT2D eigenvalue weighted by Crippen LogP contribution is 2.22. The Morgan fingerprint density at radius 2 is 1.96 bits per heavy atom. The molecule has 1 aliphatic carbocycles. The zero-order valence-corrected chi connectivity index (χ0v) is 13.3. The van der Waals surface area contributed by atoms with Crippen LogP contribution in [0, 0.1) is 12.7 Å². The van der Waals surface area contributed by atoms with Crippen LogP contribution >= 0.6 is 0 Å². The van der Waals surface area contributed by atoms with Crippen molar-refractivity contribution in [2.75, 3.05) is 6.54 Å². The maximum atomic E-state index is 13.0. The fourth-order valence-corrected chi connectivity index (χ4v) is 2.21. The van der Waals surface area contributed by atoms with Gasteiger partial charge in [0, 0.05) is 11.6 Å². The number of hydrogen-bond donors (Lipinski definition) is 2. The molecule has 1 aromatic carbocycles. The predicted molar refractivity (Wildman–Crippen MR) is 84.5 cm³/mol. The van der Waals surface area contributed by atoms with Crippen molar-refractivity contribution in [1.29, 1.82) is 0 Å². The monoisotopic (exact) mass is 331 g/mol. The van der Waals surface area contributed by atoms with E-state index in [4.69, 9.17) is 4.42 Å². The van der Waals surface area contributed by atoms with Crippen LogP contribution in [0.2, 0.25) is 0 Å². The first-order chi connectivity index (χ1) is 11.5. The highest BCUT2D eigenvalue weighted by Gasteiger charge is 2.23. The average molecular weight is 331 g/mol. The summed E-state index contributed by atoms with van der Waals surface area (Å²) in [7, 11) is 0. The number of oxazole rings is 1. The Labute approximate surface area is 138 Å². The van der Waals surface area contributed by atoms with Gasteiger partial charge in [0.1, 0.15) is 11.6 Å². The lowest BCUT2D eigenvalue weighted by molar-refractivity contribution is -0.125. The molecule has 0 saturated heterocycles. The molecule has 2 aromatic rings. The predicted octanol–water partition coefficient (Wildman–Crippen LogP) is 1.73. The van der Waals surface area contributed by atoms with Gasteiger partial charge in [-0.25, -0.2) is 9.37 Å². The Morgan fingerprint density at radius 1 is 1.25 bits per heavy atom. The molecular formula is C17H18FN3O3. The van der Waals surface area contributed by atoms with Crippen LogP contribution in [0.5, 0.6) is 0 Å². The highest BCUT2D eigenvalue weighted by molar-refractivity contribution is 5.85. The number of hydrogen-bond acceptors (Lipinski definition) is 4. The molecule has 0 spiro atoms. The number of carbonyl (C=O) groups excluding carboxylic acids is 2. The Morgan fingerprint density at radius 3 is 2.62 bits per heavy atom. The highest BCUT2D eigenvalue weighted by atomic mass is 19.1. The molecule has 7 heteroatoms. The number of rotatable bonds is 6. The summed E-state index contributed by atoms with van der Waals surface area (Å²) >= 11 is 0. The first kappa shape index (κ1) is 16.2. The van der Waals surface area contributed by atoms with Gasteiger partial charge in [-0.05, 0) is 44.0 Å². The van der Waals surface area contributed by atoms with E-state index < -0.39 is 0 Å². The van der Waals surface area contributed by atoms with E-state index in [1.54, 1.807) is 19.1 Å². The molecular weight excluding hydrogens is 313 g/mol. The number of aryl methyl sites for hydroxylation is 1. The van der Waals surface area contributed by atoms with E-state index in [-0.39, 0.29) is 36.6 Å². The Kier molecular flexibility index (Phi) is 4.59. The Hall–Kier alpha value is -2.70. The summed E-state index contributed by atoms with van der Waals surface area (Å²) < 4.78 is 18.5. The molecule has 2 N–H and O–H groups in total. The van der Waals surface area contributed by atoms with Gasteiger partial charge in [0.25, 0.3) is 0 Å². The summed E-state index contributed by atoms with van der Waals surface area (Å²) in [6, 6.07) is 6.03. The van der Waals surface area contributed by atoms with Gasteiger partial charge < -0.3 is 15.1 Å². The topological polar surface area (TPSA) is 84.2 Å². The van der Waals surface area contributed by atoms with Crippen LogP contribution in [-0.4, -0.2) is 29.4 Å². The third-order valence-corrected chi connectivity index (χ3v) is 3.70. The normalized spacial score (nSPS) is 13.6. The zero-order valence-electron chi connectivity index (χ0n) is 13.3. The maximum Gasteiger partial charge on any atom is 0.239 e. The Bertz CT molecular complexity index is 751. The average Bonchev–Trinajstić information content (AvgIpc) is 3.29. The van der Waals surface area contributed by atoms with Crippen LogP contribution < -0.4 is 10.6 Å². The van der Waals surface area contributed by atoms with Crippen molar-refractivity contribution in [1.82, 2.24) is 15.6 Å². The van der Waals surface area contributed by atoms with Gasteiger partial charge in [0.2, 0.25) is 17.7 Å². The number of nitrogens with zero attached hydrogens (tertiary/aromatic N) is 1. The molecule has 0 aliphatic heterocycles. The molecule has 0 bridgehead atoms. The first-order valence-electron chi connectivity index (χ1n) is 7.79. The lowest BCUT2D eigenvalue weighted by Gasteiger charge is -2.05. The minimum absolute atomic E-state index is 0.0211. The van der Waals surface area contributed by atoms with E-state index >= 15 is 0 Å². The fraction of sp³-hybridized carbons (Fsp3) is 0.353. The minimum atomic E-state index is -0.342. The summed E-state index contributed by atoms with van der Waals surface area (Å²) in [5, 5.41) is 5.36.